The molecule has 1 fully saturated rings. The molecule has 2 N–H and O–H groups in total. The number of aromatic nitrogens is 2. The summed E-state index contributed by atoms with van der Waals surface area (Å²) in [6.45, 7) is 8.27. The Labute approximate surface area is 127 Å². The summed E-state index contributed by atoms with van der Waals surface area (Å²) >= 11 is 0. The number of rotatable bonds is 6. The van der Waals surface area contributed by atoms with Gasteiger partial charge in [0.05, 0.1) is 6.20 Å². The van der Waals surface area contributed by atoms with E-state index < -0.39 is 10.0 Å². The molecule has 120 valence electrons. The first-order valence-electron chi connectivity index (χ1n) is 7.65. The van der Waals surface area contributed by atoms with Crippen LogP contribution in [0.5, 0.6) is 0 Å². The second kappa shape index (κ2) is 6.89. The lowest BCUT2D eigenvalue weighted by Gasteiger charge is -2.34. The van der Waals surface area contributed by atoms with Crippen molar-refractivity contribution in [2.24, 2.45) is 5.92 Å². The Morgan fingerprint density at radius 3 is 2.86 bits per heavy atom. The van der Waals surface area contributed by atoms with Crippen molar-refractivity contribution in [3.8, 4) is 0 Å². The third kappa shape index (κ3) is 4.05. The predicted molar refractivity (Wildman–Crippen MR) is 82.6 cm³/mol. The molecule has 0 saturated carbocycles. The van der Waals surface area contributed by atoms with Gasteiger partial charge in [-0.05, 0) is 32.2 Å². The number of imidazole rings is 1. The van der Waals surface area contributed by atoms with Gasteiger partial charge in [-0.15, -0.1) is 0 Å². The molecule has 0 spiro atoms. The summed E-state index contributed by atoms with van der Waals surface area (Å²) in [7, 11) is -3.47. The molecule has 6 nitrogen and oxygen atoms in total. The van der Waals surface area contributed by atoms with Crippen molar-refractivity contribution in [1.82, 2.24) is 19.6 Å². The minimum absolute atomic E-state index is 0.0334. The fourth-order valence-electron chi connectivity index (χ4n) is 2.69. The predicted octanol–water partition coefficient (Wildman–Crippen LogP) is 1.51. The van der Waals surface area contributed by atoms with Crippen LogP contribution < -0.4 is 5.32 Å². The van der Waals surface area contributed by atoms with Crippen LogP contribution in [0.25, 0.3) is 0 Å². The molecular formula is C14H26N4O2S. The van der Waals surface area contributed by atoms with Gasteiger partial charge in [0.15, 0.2) is 5.03 Å². The number of H-pyrrole nitrogens is 1. The van der Waals surface area contributed by atoms with Crippen LogP contribution in [0.3, 0.4) is 0 Å². The molecule has 2 rings (SSSR count). The zero-order chi connectivity index (χ0) is 15.5. The van der Waals surface area contributed by atoms with Crippen molar-refractivity contribution in [2.45, 2.75) is 51.1 Å². The summed E-state index contributed by atoms with van der Waals surface area (Å²) in [6.07, 6.45) is 4.34. The largest absolute Gasteiger partial charge is 0.332 e. The van der Waals surface area contributed by atoms with E-state index in [2.05, 4.69) is 29.1 Å². The van der Waals surface area contributed by atoms with Crippen LogP contribution in [0.2, 0.25) is 0 Å². The summed E-state index contributed by atoms with van der Waals surface area (Å²) in [5.41, 5.74) is 0. The smallest absolute Gasteiger partial charge is 0.260 e. The highest BCUT2D eigenvalue weighted by molar-refractivity contribution is 7.89. The summed E-state index contributed by atoms with van der Waals surface area (Å²) in [5.74, 6) is 1.19. The van der Waals surface area contributed by atoms with E-state index in [0.717, 1.165) is 25.8 Å². The Bertz CT molecular complexity index is 553. The van der Waals surface area contributed by atoms with E-state index in [9.17, 15) is 8.42 Å². The number of aromatic amines is 1. The van der Waals surface area contributed by atoms with Crippen LogP contribution >= 0.6 is 0 Å². The van der Waals surface area contributed by atoms with Crippen molar-refractivity contribution in [3.63, 3.8) is 0 Å². The van der Waals surface area contributed by atoms with Crippen molar-refractivity contribution in [2.75, 3.05) is 19.6 Å². The van der Waals surface area contributed by atoms with Crippen molar-refractivity contribution in [3.05, 3.63) is 12.0 Å². The lowest BCUT2D eigenvalue weighted by atomic mass is 10.0. The van der Waals surface area contributed by atoms with Crippen molar-refractivity contribution < 1.29 is 8.42 Å². The third-order valence-corrected chi connectivity index (χ3v) is 5.63. The first-order valence-corrected chi connectivity index (χ1v) is 9.09. The van der Waals surface area contributed by atoms with E-state index in [1.54, 1.807) is 11.2 Å². The highest BCUT2D eigenvalue weighted by Gasteiger charge is 2.34. The van der Waals surface area contributed by atoms with Crippen LogP contribution in [0.15, 0.2) is 11.2 Å². The second-order valence-corrected chi connectivity index (χ2v) is 8.01. The zero-order valence-corrected chi connectivity index (χ0v) is 13.9. The number of hydrogen-bond donors (Lipinski definition) is 2. The Balaban J connectivity index is 2.10. The van der Waals surface area contributed by atoms with E-state index in [-0.39, 0.29) is 11.1 Å². The maximum Gasteiger partial charge on any atom is 0.260 e. The standard InChI is InChI=1S/C14H26N4O2S/c1-11(2)8-15-9-13-6-4-5-7-18(13)21(19,20)14-10-16-12(3)17-14/h10-11,13,15H,4-9H2,1-3H3,(H,16,17). The monoisotopic (exact) mass is 314 g/mol. The molecule has 0 bridgehead atoms. The van der Waals surface area contributed by atoms with Gasteiger partial charge in [-0.25, -0.2) is 13.4 Å². The molecule has 0 amide bonds. The lowest BCUT2D eigenvalue weighted by Crippen LogP contribution is -2.48. The molecule has 0 aliphatic carbocycles. The molecule has 1 unspecified atom stereocenters. The van der Waals surface area contributed by atoms with Gasteiger partial charge in [0, 0.05) is 19.1 Å². The highest BCUT2D eigenvalue weighted by atomic mass is 32.2. The van der Waals surface area contributed by atoms with Crippen LogP contribution in [-0.2, 0) is 10.0 Å². The molecule has 1 aliphatic rings. The normalized spacial score (nSPS) is 21.0. The Morgan fingerprint density at radius 1 is 1.48 bits per heavy atom. The number of nitrogens with zero attached hydrogens (tertiary/aromatic N) is 2. The number of aryl methyl sites for hydroxylation is 1. The van der Waals surface area contributed by atoms with Gasteiger partial charge in [0.2, 0.25) is 0 Å². The lowest BCUT2D eigenvalue weighted by molar-refractivity contribution is 0.243. The Kier molecular flexibility index (Phi) is 5.40. The van der Waals surface area contributed by atoms with Crippen molar-refractivity contribution in [1.29, 1.82) is 0 Å². The van der Waals surface area contributed by atoms with Gasteiger partial charge in [0.25, 0.3) is 10.0 Å². The quantitative estimate of drug-likeness (QED) is 0.834. The van der Waals surface area contributed by atoms with Crippen LogP contribution in [0.1, 0.15) is 38.9 Å². The minimum Gasteiger partial charge on any atom is -0.332 e. The average Bonchev–Trinajstić information content (AvgIpc) is 2.86. The topological polar surface area (TPSA) is 78.1 Å². The molecule has 0 radical (unpaired) electrons. The summed E-state index contributed by atoms with van der Waals surface area (Å²) in [5, 5.41) is 3.59. The molecule has 0 aromatic carbocycles. The number of nitrogens with one attached hydrogen (secondary N) is 2. The van der Waals surface area contributed by atoms with E-state index in [4.69, 9.17) is 0 Å². The molecular weight excluding hydrogens is 288 g/mol. The second-order valence-electron chi connectivity index (χ2n) is 6.15. The van der Waals surface area contributed by atoms with E-state index in [0.29, 0.717) is 24.8 Å². The first-order chi connectivity index (χ1) is 9.91. The summed E-state index contributed by atoms with van der Waals surface area (Å²) < 4.78 is 27.1. The molecule has 1 aromatic heterocycles. The molecule has 2 heterocycles. The van der Waals surface area contributed by atoms with Gasteiger partial charge >= 0.3 is 0 Å². The van der Waals surface area contributed by atoms with E-state index in [1.165, 1.54) is 6.20 Å². The van der Waals surface area contributed by atoms with Gasteiger partial charge in [0.1, 0.15) is 5.82 Å². The molecule has 7 heteroatoms. The SMILES string of the molecule is Cc1ncc(S(=O)(=O)N2CCCCC2CNCC(C)C)[nH]1. The first kappa shape index (κ1) is 16.5. The number of hydrogen-bond acceptors (Lipinski definition) is 4. The molecule has 1 atom stereocenters. The molecule has 21 heavy (non-hydrogen) atoms. The van der Waals surface area contributed by atoms with Gasteiger partial charge in [-0.2, -0.15) is 4.31 Å². The van der Waals surface area contributed by atoms with Gasteiger partial charge in [-0.3, -0.25) is 0 Å². The zero-order valence-electron chi connectivity index (χ0n) is 13.1. The van der Waals surface area contributed by atoms with Gasteiger partial charge < -0.3 is 10.3 Å². The molecule has 1 aromatic rings. The third-order valence-electron chi connectivity index (χ3n) is 3.77. The van der Waals surface area contributed by atoms with Crippen molar-refractivity contribution >= 4 is 10.0 Å². The van der Waals surface area contributed by atoms with E-state index >= 15 is 0 Å². The molecule has 1 aliphatic heterocycles. The van der Waals surface area contributed by atoms with Crippen LogP contribution in [0, 0.1) is 12.8 Å². The fraction of sp³-hybridized carbons (Fsp3) is 0.786. The summed E-state index contributed by atoms with van der Waals surface area (Å²) in [6, 6.07) is 0.0334. The number of sulfonamides is 1. The number of piperidine rings is 1. The molecule has 1 saturated heterocycles. The van der Waals surface area contributed by atoms with E-state index in [1.807, 2.05) is 0 Å². The Hall–Kier alpha value is -0.920. The maximum atomic E-state index is 12.7. The van der Waals surface area contributed by atoms with Crippen LogP contribution in [-0.4, -0.2) is 48.4 Å². The Morgan fingerprint density at radius 2 is 2.24 bits per heavy atom. The average molecular weight is 314 g/mol. The van der Waals surface area contributed by atoms with Gasteiger partial charge in [-0.1, -0.05) is 20.3 Å². The fourth-order valence-corrected chi connectivity index (χ4v) is 4.35. The highest BCUT2D eigenvalue weighted by Crippen LogP contribution is 2.24. The minimum atomic E-state index is -3.47. The van der Waals surface area contributed by atoms with Crippen LogP contribution in [0.4, 0.5) is 0 Å². The maximum absolute atomic E-state index is 12.7. The summed E-state index contributed by atoms with van der Waals surface area (Å²) in [4.78, 5) is 6.86.